The highest BCUT2D eigenvalue weighted by Gasteiger charge is 2.23. The summed E-state index contributed by atoms with van der Waals surface area (Å²) in [5.74, 6) is 0.491. The number of amides is 1. The van der Waals surface area contributed by atoms with E-state index in [2.05, 4.69) is 17.0 Å². The summed E-state index contributed by atoms with van der Waals surface area (Å²) < 4.78 is 0. The molecule has 5 heteroatoms. The Morgan fingerprint density at radius 1 is 1.13 bits per heavy atom. The number of ketones is 1. The van der Waals surface area contributed by atoms with Crippen molar-refractivity contribution in [2.45, 2.75) is 19.4 Å². The van der Waals surface area contributed by atoms with Crippen molar-refractivity contribution in [3.8, 4) is 0 Å². The summed E-state index contributed by atoms with van der Waals surface area (Å²) in [5.41, 5.74) is 3.38. The van der Waals surface area contributed by atoms with Crippen LogP contribution in [0.4, 0.5) is 0 Å². The van der Waals surface area contributed by atoms with Crippen molar-refractivity contribution in [2.75, 3.05) is 46.8 Å². The van der Waals surface area contributed by atoms with Gasteiger partial charge in [0.15, 0.2) is 5.78 Å². The molecule has 3 rings (SSSR count). The topological polar surface area (TPSA) is 43.9 Å². The van der Waals surface area contributed by atoms with Gasteiger partial charge in [-0.3, -0.25) is 14.5 Å². The minimum Gasteiger partial charge on any atom is -0.339 e. The maximum absolute atomic E-state index is 12.1. The van der Waals surface area contributed by atoms with Gasteiger partial charge >= 0.3 is 0 Å². The molecule has 1 amide bonds. The third kappa shape index (κ3) is 3.79. The van der Waals surface area contributed by atoms with Crippen molar-refractivity contribution in [3.05, 3.63) is 34.9 Å². The Morgan fingerprint density at radius 3 is 2.57 bits per heavy atom. The maximum Gasteiger partial charge on any atom is 0.236 e. The van der Waals surface area contributed by atoms with Gasteiger partial charge < -0.3 is 9.80 Å². The molecule has 0 atom stereocenters. The van der Waals surface area contributed by atoms with Gasteiger partial charge in [0.25, 0.3) is 0 Å². The molecule has 1 aliphatic heterocycles. The molecule has 1 heterocycles. The first-order chi connectivity index (χ1) is 11.0. The molecular formula is C18H25N3O2. The van der Waals surface area contributed by atoms with Crippen molar-refractivity contribution in [2.24, 2.45) is 0 Å². The van der Waals surface area contributed by atoms with Crippen molar-refractivity contribution in [1.82, 2.24) is 14.7 Å². The molecular weight excluding hydrogens is 290 g/mol. The molecule has 23 heavy (non-hydrogen) atoms. The van der Waals surface area contributed by atoms with Crippen molar-refractivity contribution in [3.63, 3.8) is 0 Å². The zero-order valence-corrected chi connectivity index (χ0v) is 14.0. The summed E-state index contributed by atoms with van der Waals surface area (Å²) in [7, 11) is 3.85. The SMILES string of the molecule is CN(C)CC(=O)N1CCN(Cc2ccc3c(c2)CCC3=O)CC1. The van der Waals surface area contributed by atoms with E-state index in [0.717, 1.165) is 44.7 Å². The van der Waals surface area contributed by atoms with Gasteiger partial charge in [-0.25, -0.2) is 0 Å². The monoisotopic (exact) mass is 315 g/mol. The number of likely N-dealkylation sites (N-methyl/N-ethyl adjacent to an activating group) is 1. The Hall–Kier alpha value is -1.72. The Bertz CT molecular complexity index is 604. The molecule has 0 N–H and O–H groups in total. The molecule has 0 saturated carbocycles. The van der Waals surface area contributed by atoms with Crippen LogP contribution in [0.5, 0.6) is 0 Å². The Morgan fingerprint density at radius 2 is 1.87 bits per heavy atom. The first-order valence-corrected chi connectivity index (χ1v) is 8.33. The van der Waals surface area contributed by atoms with E-state index in [1.54, 1.807) is 0 Å². The van der Waals surface area contributed by atoms with Gasteiger partial charge in [0.05, 0.1) is 6.54 Å². The van der Waals surface area contributed by atoms with E-state index < -0.39 is 0 Å². The van der Waals surface area contributed by atoms with Crippen LogP contribution in [-0.4, -0.2) is 73.2 Å². The largest absolute Gasteiger partial charge is 0.339 e. The van der Waals surface area contributed by atoms with E-state index in [0.29, 0.717) is 13.0 Å². The quantitative estimate of drug-likeness (QED) is 0.832. The highest BCUT2D eigenvalue weighted by atomic mass is 16.2. The highest BCUT2D eigenvalue weighted by molar-refractivity contribution is 6.00. The average molecular weight is 315 g/mol. The van der Waals surface area contributed by atoms with Crippen LogP contribution in [0, 0.1) is 0 Å². The van der Waals surface area contributed by atoms with E-state index in [-0.39, 0.29) is 11.7 Å². The number of piperazine rings is 1. The smallest absolute Gasteiger partial charge is 0.236 e. The van der Waals surface area contributed by atoms with Crippen LogP contribution in [-0.2, 0) is 17.8 Å². The summed E-state index contributed by atoms with van der Waals surface area (Å²) in [6, 6.07) is 6.24. The highest BCUT2D eigenvalue weighted by Crippen LogP contribution is 2.23. The normalized spacial score (nSPS) is 18.6. The van der Waals surface area contributed by atoms with Crippen LogP contribution in [0.3, 0.4) is 0 Å². The molecule has 0 unspecified atom stereocenters. The molecule has 0 radical (unpaired) electrons. The Balaban J connectivity index is 1.53. The van der Waals surface area contributed by atoms with E-state index in [9.17, 15) is 9.59 Å². The van der Waals surface area contributed by atoms with Crippen molar-refractivity contribution < 1.29 is 9.59 Å². The number of aryl methyl sites for hydroxylation is 1. The fourth-order valence-electron chi connectivity index (χ4n) is 3.39. The molecule has 124 valence electrons. The van der Waals surface area contributed by atoms with Gasteiger partial charge in [-0.15, -0.1) is 0 Å². The summed E-state index contributed by atoms with van der Waals surface area (Å²) in [4.78, 5) is 30.0. The molecule has 5 nitrogen and oxygen atoms in total. The Labute approximate surface area is 137 Å². The van der Waals surface area contributed by atoms with Gasteiger partial charge in [0, 0.05) is 44.7 Å². The van der Waals surface area contributed by atoms with Crippen LogP contribution in [0.2, 0.25) is 0 Å². The standard InChI is InChI=1S/C18H25N3O2/c1-19(2)13-18(23)21-9-7-20(8-10-21)12-14-3-5-16-15(11-14)4-6-17(16)22/h3,5,11H,4,6-10,12-13H2,1-2H3. The van der Waals surface area contributed by atoms with Crippen molar-refractivity contribution >= 4 is 11.7 Å². The molecule has 1 aromatic carbocycles. The Kier molecular flexibility index (Phi) is 4.78. The maximum atomic E-state index is 12.1. The number of hydrogen-bond donors (Lipinski definition) is 0. The van der Waals surface area contributed by atoms with Crippen LogP contribution in [0.15, 0.2) is 18.2 Å². The number of benzene rings is 1. The predicted octanol–water partition coefficient (Wildman–Crippen LogP) is 1.02. The van der Waals surface area contributed by atoms with E-state index in [1.165, 1.54) is 11.1 Å². The summed E-state index contributed by atoms with van der Waals surface area (Å²) in [6.45, 7) is 4.81. The average Bonchev–Trinajstić information content (AvgIpc) is 2.88. The van der Waals surface area contributed by atoms with Gasteiger partial charge in [-0.1, -0.05) is 18.2 Å². The molecule has 0 spiro atoms. The predicted molar refractivity (Wildman–Crippen MR) is 89.5 cm³/mol. The van der Waals surface area contributed by atoms with Crippen LogP contribution in [0.25, 0.3) is 0 Å². The second-order valence-electron chi connectivity index (χ2n) is 6.81. The summed E-state index contributed by atoms with van der Waals surface area (Å²) >= 11 is 0. The molecule has 1 aliphatic carbocycles. The minimum atomic E-state index is 0.214. The molecule has 1 fully saturated rings. The van der Waals surface area contributed by atoms with Gasteiger partial charge in [0.2, 0.25) is 5.91 Å². The lowest BCUT2D eigenvalue weighted by molar-refractivity contribution is -0.133. The van der Waals surface area contributed by atoms with Crippen LogP contribution < -0.4 is 0 Å². The van der Waals surface area contributed by atoms with Crippen molar-refractivity contribution in [1.29, 1.82) is 0 Å². The van der Waals surface area contributed by atoms with E-state index in [4.69, 9.17) is 0 Å². The second-order valence-corrected chi connectivity index (χ2v) is 6.81. The molecule has 1 aromatic rings. The van der Waals surface area contributed by atoms with E-state index in [1.807, 2.05) is 30.0 Å². The fraction of sp³-hybridized carbons (Fsp3) is 0.556. The third-order valence-electron chi connectivity index (χ3n) is 4.67. The molecule has 0 aromatic heterocycles. The van der Waals surface area contributed by atoms with E-state index >= 15 is 0 Å². The number of nitrogens with zero attached hydrogens (tertiary/aromatic N) is 3. The second kappa shape index (κ2) is 6.81. The lowest BCUT2D eigenvalue weighted by Crippen LogP contribution is -2.50. The zero-order chi connectivity index (χ0) is 16.4. The zero-order valence-electron chi connectivity index (χ0n) is 14.0. The lowest BCUT2D eigenvalue weighted by Gasteiger charge is -2.35. The number of fused-ring (bicyclic) bond motifs is 1. The summed E-state index contributed by atoms with van der Waals surface area (Å²) in [6.07, 6.45) is 1.54. The van der Waals surface area contributed by atoms with Gasteiger partial charge in [-0.2, -0.15) is 0 Å². The number of rotatable bonds is 4. The first kappa shape index (κ1) is 16.1. The number of hydrogen-bond acceptors (Lipinski definition) is 4. The minimum absolute atomic E-state index is 0.214. The number of Topliss-reactive ketones (excluding diaryl/α,β-unsaturated/α-hetero) is 1. The van der Waals surface area contributed by atoms with Crippen LogP contribution >= 0.6 is 0 Å². The number of carbonyl (C=O) groups excluding carboxylic acids is 2. The van der Waals surface area contributed by atoms with Gasteiger partial charge in [0.1, 0.15) is 0 Å². The lowest BCUT2D eigenvalue weighted by atomic mass is 10.1. The van der Waals surface area contributed by atoms with Crippen LogP contribution in [0.1, 0.15) is 27.9 Å². The first-order valence-electron chi connectivity index (χ1n) is 8.33. The summed E-state index contributed by atoms with van der Waals surface area (Å²) in [5, 5.41) is 0. The molecule has 0 bridgehead atoms. The molecule has 2 aliphatic rings. The third-order valence-corrected chi connectivity index (χ3v) is 4.67. The van der Waals surface area contributed by atoms with Gasteiger partial charge in [-0.05, 0) is 31.6 Å². The molecule has 1 saturated heterocycles. The number of carbonyl (C=O) groups is 2. The fourth-order valence-corrected chi connectivity index (χ4v) is 3.39.